The molecule has 0 aliphatic carbocycles. The molecule has 0 fully saturated rings. The minimum atomic E-state index is -0.107. The van der Waals surface area contributed by atoms with Crippen molar-refractivity contribution in [3.8, 4) is 0 Å². The van der Waals surface area contributed by atoms with Crippen LogP contribution in [0.1, 0.15) is 40.3 Å². The summed E-state index contributed by atoms with van der Waals surface area (Å²) in [5, 5.41) is 8.28. The molecule has 1 unspecified atom stereocenters. The smallest absolute Gasteiger partial charge is 0.268 e. The Bertz CT molecular complexity index is 844. The second-order valence-corrected chi connectivity index (χ2v) is 5.78. The summed E-state index contributed by atoms with van der Waals surface area (Å²) in [7, 11) is 1.90. The van der Waals surface area contributed by atoms with Gasteiger partial charge in [-0.15, -0.1) is 0 Å². The molecule has 0 aliphatic rings. The number of nitrogens with one attached hydrogen (secondary N) is 2. The van der Waals surface area contributed by atoms with Crippen LogP contribution in [0.5, 0.6) is 0 Å². The second kappa shape index (κ2) is 5.33. The molecule has 2 heterocycles. The molecule has 0 spiro atoms. The van der Waals surface area contributed by atoms with Crippen molar-refractivity contribution >= 4 is 16.8 Å². The number of fused-ring (bicyclic) bond motifs is 1. The Kier molecular flexibility index (Phi) is 3.48. The van der Waals surface area contributed by atoms with Gasteiger partial charge in [-0.05, 0) is 38.5 Å². The van der Waals surface area contributed by atoms with Gasteiger partial charge in [-0.1, -0.05) is 12.1 Å². The van der Waals surface area contributed by atoms with E-state index in [-0.39, 0.29) is 11.9 Å². The molecule has 3 rings (SSSR count). The molecule has 1 atom stereocenters. The Labute approximate surface area is 129 Å². The zero-order chi connectivity index (χ0) is 15.9. The minimum Gasteiger partial charge on any atom is -0.351 e. The average molecular weight is 296 g/mol. The predicted molar refractivity (Wildman–Crippen MR) is 86.9 cm³/mol. The van der Waals surface area contributed by atoms with Crippen molar-refractivity contribution in [1.82, 2.24) is 20.1 Å². The van der Waals surface area contributed by atoms with E-state index in [1.54, 1.807) is 6.20 Å². The summed E-state index contributed by atoms with van der Waals surface area (Å²) >= 11 is 0. The van der Waals surface area contributed by atoms with Crippen molar-refractivity contribution in [3.05, 3.63) is 53.0 Å². The van der Waals surface area contributed by atoms with Crippen LogP contribution in [-0.4, -0.2) is 20.7 Å². The van der Waals surface area contributed by atoms with E-state index in [2.05, 4.69) is 15.4 Å². The number of nitrogens with zero attached hydrogens (tertiary/aromatic N) is 2. The van der Waals surface area contributed by atoms with Gasteiger partial charge in [-0.25, -0.2) is 0 Å². The average Bonchev–Trinajstić information content (AvgIpc) is 3.03. The Balaban J connectivity index is 1.82. The summed E-state index contributed by atoms with van der Waals surface area (Å²) in [6, 6.07) is 7.90. The van der Waals surface area contributed by atoms with E-state index >= 15 is 0 Å². The maximum atomic E-state index is 12.4. The maximum absolute atomic E-state index is 12.4. The number of aryl methyl sites for hydroxylation is 2. The van der Waals surface area contributed by atoms with Crippen molar-refractivity contribution in [2.75, 3.05) is 0 Å². The van der Waals surface area contributed by atoms with E-state index in [1.807, 2.05) is 56.8 Å². The highest BCUT2D eigenvalue weighted by Gasteiger charge is 2.16. The topological polar surface area (TPSA) is 62.7 Å². The first-order chi connectivity index (χ1) is 10.5. The van der Waals surface area contributed by atoms with Crippen molar-refractivity contribution in [2.45, 2.75) is 26.8 Å². The van der Waals surface area contributed by atoms with Gasteiger partial charge in [-0.2, -0.15) is 5.10 Å². The Hall–Kier alpha value is -2.56. The fourth-order valence-electron chi connectivity index (χ4n) is 2.66. The van der Waals surface area contributed by atoms with Crippen LogP contribution in [0.15, 0.2) is 30.5 Å². The summed E-state index contributed by atoms with van der Waals surface area (Å²) in [6.45, 7) is 6.00. The number of H-pyrrole nitrogens is 1. The van der Waals surface area contributed by atoms with Gasteiger partial charge in [0.2, 0.25) is 0 Å². The molecule has 3 aromatic rings. The first kappa shape index (κ1) is 14.4. The first-order valence-corrected chi connectivity index (χ1v) is 7.34. The van der Waals surface area contributed by atoms with Crippen LogP contribution in [0, 0.1) is 13.8 Å². The normalized spacial score (nSPS) is 12.5. The van der Waals surface area contributed by atoms with E-state index < -0.39 is 0 Å². The molecular weight excluding hydrogens is 276 g/mol. The van der Waals surface area contributed by atoms with E-state index in [1.165, 1.54) is 5.56 Å². The highest BCUT2D eigenvalue weighted by atomic mass is 16.1. The third-order valence-corrected chi connectivity index (χ3v) is 4.11. The standard InChI is InChI=1S/C17H20N4O/c1-10-5-6-13-8-16(20-15(13)7-10)17(22)19-11(2)14-9-18-21(4)12(14)3/h5-9,11,20H,1-4H3,(H,19,22). The summed E-state index contributed by atoms with van der Waals surface area (Å²) in [5.41, 5.74) is 4.81. The fraction of sp³-hybridized carbons (Fsp3) is 0.294. The number of benzene rings is 1. The Morgan fingerprint density at radius 2 is 2.09 bits per heavy atom. The van der Waals surface area contributed by atoms with E-state index in [0.29, 0.717) is 5.69 Å². The number of hydrogen-bond donors (Lipinski definition) is 2. The van der Waals surface area contributed by atoms with E-state index in [9.17, 15) is 4.79 Å². The van der Waals surface area contributed by atoms with Gasteiger partial charge < -0.3 is 10.3 Å². The highest BCUT2D eigenvalue weighted by molar-refractivity contribution is 5.98. The first-order valence-electron chi connectivity index (χ1n) is 7.34. The molecule has 0 bridgehead atoms. The number of rotatable bonds is 3. The van der Waals surface area contributed by atoms with Crippen molar-refractivity contribution < 1.29 is 4.79 Å². The van der Waals surface area contributed by atoms with Gasteiger partial charge >= 0.3 is 0 Å². The minimum absolute atomic E-state index is 0.0886. The van der Waals surface area contributed by atoms with Gasteiger partial charge in [0, 0.05) is 29.2 Å². The fourth-order valence-corrected chi connectivity index (χ4v) is 2.66. The molecule has 0 radical (unpaired) electrons. The van der Waals surface area contributed by atoms with Crippen LogP contribution in [0.3, 0.4) is 0 Å². The van der Waals surface area contributed by atoms with E-state index in [4.69, 9.17) is 0 Å². The molecule has 0 saturated heterocycles. The van der Waals surface area contributed by atoms with Crippen LogP contribution in [-0.2, 0) is 7.05 Å². The number of hydrogen-bond acceptors (Lipinski definition) is 2. The van der Waals surface area contributed by atoms with Gasteiger partial charge in [0.15, 0.2) is 0 Å². The summed E-state index contributed by atoms with van der Waals surface area (Å²) in [5.74, 6) is -0.107. The monoisotopic (exact) mass is 296 g/mol. The van der Waals surface area contributed by atoms with Gasteiger partial charge in [-0.3, -0.25) is 9.48 Å². The molecule has 2 N–H and O–H groups in total. The van der Waals surface area contributed by atoms with Crippen molar-refractivity contribution in [3.63, 3.8) is 0 Å². The number of amides is 1. The summed E-state index contributed by atoms with van der Waals surface area (Å²) in [4.78, 5) is 15.6. The number of aromatic nitrogens is 3. The molecule has 114 valence electrons. The molecule has 22 heavy (non-hydrogen) atoms. The summed E-state index contributed by atoms with van der Waals surface area (Å²) in [6.07, 6.45) is 1.80. The molecule has 0 saturated carbocycles. The van der Waals surface area contributed by atoms with Crippen LogP contribution in [0.2, 0.25) is 0 Å². The molecule has 5 nitrogen and oxygen atoms in total. The number of carbonyl (C=O) groups excluding carboxylic acids is 1. The van der Waals surface area contributed by atoms with Crippen LogP contribution >= 0.6 is 0 Å². The maximum Gasteiger partial charge on any atom is 0.268 e. The summed E-state index contributed by atoms with van der Waals surface area (Å²) < 4.78 is 1.81. The van der Waals surface area contributed by atoms with Crippen LogP contribution < -0.4 is 5.32 Å². The zero-order valence-corrected chi connectivity index (χ0v) is 13.3. The van der Waals surface area contributed by atoms with Gasteiger partial charge in [0.25, 0.3) is 5.91 Å². The van der Waals surface area contributed by atoms with Crippen molar-refractivity contribution in [1.29, 1.82) is 0 Å². The lowest BCUT2D eigenvalue weighted by Crippen LogP contribution is -2.27. The lowest BCUT2D eigenvalue weighted by Gasteiger charge is -2.13. The van der Waals surface area contributed by atoms with Crippen molar-refractivity contribution in [2.24, 2.45) is 7.05 Å². The molecule has 0 aliphatic heterocycles. The van der Waals surface area contributed by atoms with E-state index in [0.717, 1.165) is 22.2 Å². The molecule has 1 aromatic carbocycles. The molecular formula is C17H20N4O. The largest absolute Gasteiger partial charge is 0.351 e. The molecule has 5 heteroatoms. The predicted octanol–water partition coefficient (Wildman–Crippen LogP) is 3.01. The van der Waals surface area contributed by atoms with Crippen LogP contribution in [0.4, 0.5) is 0 Å². The Morgan fingerprint density at radius 3 is 2.77 bits per heavy atom. The Morgan fingerprint density at radius 1 is 1.32 bits per heavy atom. The van der Waals surface area contributed by atoms with Crippen LogP contribution in [0.25, 0.3) is 10.9 Å². The number of carbonyl (C=O) groups is 1. The van der Waals surface area contributed by atoms with Gasteiger partial charge in [0.05, 0.1) is 12.2 Å². The lowest BCUT2D eigenvalue weighted by atomic mass is 10.1. The third-order valence-electron chi connectivity index (χ3n) is 4.11. The lowest BCUT2D eigenvalue weighted by molar-refractivity contribution is 0.0935. The third kappa shape index (κ3) is 2.50. The SMILES string of the molecule is Cc1ccc2cc(C(=O)NC(C)c3cnn(C)c3C)[nH]c2c1. The molecule has 2 aromatic heterocycles. The van der Waals surface area contributed by atoms with Gasteiger partial charge in [0.1, 0.15) is 5.69 Å². The zero-order valence-electron chi connectivity index (χ0n) is 13.3. The number of aromatic amines is 1. The second-order valence-electron chi connectivity index (χ2n) is 5.78. The molecule has 1 amide bonds. The quantitative estimate of drug-likeness (QED) is 0.780. The highest BCUT2D eigenvalue weighted by Crippen LogP contribution is 2.19.